The van der Waals surface area contributed by atoms with Gasteiger partial charge in [0.2, 0.25) is 0 Å². The average Bonchev–Trinajstić information content (AvgIpc) is 2.31. The number of rotatable bonds is 2. The van der Waals surface area contributed by atoms with Gasteiger partial charge in [-0.2, -0.15) is 0 Å². The van der Waals surface area contributed by atoms with Gasteiger partial charge in [-0.25, -0.2) is 0 Å². The molecule has 0 atom stereocenters. The largest absolute Gasteiger partial charge is 0.0870 e. The first-order chi connectivity index (χ1) is 7.83. The minimum Gasteiger partial charge on any atom is -0.0870 e. The Kier molecular flexibility index (Phi) is 3.21. The van der Waals surface area contributed by atoms with Crippen molar-refractivity contribution in [2.24, 2.45) is 0 Å². The van der Waals surface area contributed by atoms with Crippen molar-refractivity contribution < 1.29 is 0 Å². The van der Waals surface area contributed by atoms with Crippen LogP contribution in [0.5, 0.6) is 0 Å². The third-order valence-electron chi connectivity index (χ3n) is 2.74. The molecule has 0 heteroatoms. The maximum Gasteiger partial charge on any atom is -0.0109 e. The molecule has 80 valence electrons. The second-order valence-electron chi connectivity index (χ2n) is 3.90. The van der Waals surface area contributed by atoms with E-state index in [1.54, 1.807) is 0 Å². The summed E-state index contributed by atoms with van der Waals surface area (Å²) in [6.07, 6.45) is 4.23. The van der Waals surface area contributed by atoms with Crippen LogP contribution in [0.2, 0.25) is 0 Å². The van der Waals surface area contributed by atoms with Gasteiger partial charge in [0.25, 0.3) is 0 Å². The van der Waals surface area contributed by atoms with Crippen molar-refractivity contribution >= 4 is 6.08 Å². The summed E-state index contributed by atoms with van der Waals surface area (Å²) >= 11 is 0. The maximum atomic E-state index is 2.18. The summed E-state index contributed by atoms with van der Waals surface area (Å²) in [5.41, 5.74) is 5.22. The Bertz CT molecular complexity index is 507. The van der Waals surface area contributed by atoms with Gasteiger partial charge in [-0.3, -0.25) is 0 Å². The van der Waals surface area contributed by atoms with E-state index in [2.05, 4.69) is 74.5 Å². The molecular weight excluding hydrogens is 192 g/mol. The molecule has 0 spiro atoms. The fourth-order valence-electron chi connectivity index (χ4n) is 1.94. The Balaban J connectivity index is 2.60. The van der Waals surface area contributed by atoms with Crippen LogP contribution in [-0.4, -0.2) is 0 Å². The van der Waals surface area contributed by atoms with E-state index in [1.165, 1.54) is 22.3 Å². The summed E-state index contributed by atoms with van der Waals surface area (Å²) in [5.74, 6) is 0. The quantitative estimate of drug-likeness (QED) is 0.671. The first kappa shape index (κ1) is 10.7. The zero-order valence-electron chi connectivity index (χ0n) is 9.77. The Morgan fingerprint density at radius 1 is 0.812 bits per heavy atom. The molecule has 16 heavy (non-hydrogen) atoms. The third kappa shape index (κ3) is 2.06. The Labute approximate surface area is 97.3 Å². The highest BCUT2D eigenvalue weighted by atomic mass is 14.1. The van der Waals surface area contributed by atoms with Crippen LogP contribution in [0, 0.1) is 6.92 Å². The molecule has 0 bridgehead atoms. The van der Waals surface area contributed by atoms with Crippen molar-refractivity contribution in [3.05, 3.63) is 65.7 Å². The highest BCUT2D eigenvalue weighted by Gasteiger charge is 2.03. The van der Waals surface area contributed by atoms with Gasteiger partial charge in [0, 0.05) is 0 Å². The predicted octanol–water partition coefficient (Wildman–Crippen LogP) is 4.70. The SMILES string of the molecule is C/C=C\c1ccccc1-c1ccccc1C. The Morgan fingerprint density at radius 2 is 1.44 bits per heavy atom. The van der Waals surface area contributed by atoms with E-state index in [4.69, 9.17) is 0 Å². The number of aryl methyl sites for hydroxylation is 1. The van der Waals surface area contributed by atoms with Crippen LogP contribution in [0.1, 0.15) is 18.1 Å². The van der Waals surface area contributed by atoms with Gasteiger partial charge in [-0.15, -0.1) is 0 Å². The van der Waals surface area contributed by atoms with Crippen LogP contribution >= 0.6 is 0 Å². The standard InChI is InChI=1S/C16H16/c1-3-8-14-10-5-7-12-16(14)15-11-6-4-9-13(15)2/h3-12H,1-2H3/b8-3-. The lowest BCUT2D eigenvalue weighted by Gasteiger charge is -2.09. The van der Waals surface area contributed by atoms with Crippen LogP contribution in [0.25, 0.3) is 17.2 Å². The van der Waals surface area contributed by atoms with Gasteiger partial charge in [0.15, 0.2) is 0 Å². The van der Waals surface area contributed by atoms with E-state index in [0.717, 1.165) is 0 Å². The first-order valence-electron chi connectivity index (χ1n) is 5.60. The van der Waals surface area contributed by atoms with E-state index in [0.29, 0.717) is 0 Å². The molecular formula is C16H16. The molecule has 0 saturated carbocycles. The van der Waals surface area contributed by atoms with Crippen LogP contribution in [-0.2, 0) is 0 Å². The molecule has 2 rings (SSSR count). The molecule has 0 amide bonds. The summed E-state index contributed by atoms with van der Waals surface area (Å²) in [6, 6.07) is 17.0. The highest BCUT2D eigenvalue weighted by molar-refractivity contribution is 5.77. The number of benzene rings is 2. The fraction of sp³-hybridized carbons (Fsp3) is 0.125. The molecule has 0 aromatic heterocycles. The molecule has 0 N–H and O–H groups in total. The molecule has 2 aromatic carbocycles. The molecule has 0 aliphatic heterocycles. The molecule has 0 aliphatic carbocycles. The minimum atomic E-state index is 1.28. The summed E-state index contributed by atoms with van der Waals surface area (Å²) < 4.78 is 0. The van der Waals surface area contributed by atoms with E-state index in [1.807, 2.05) is 0 Å². The van der Waals surface area contributed by atoms with Gasteiger partial charge < -0.3 is 0 Å². The molecule has 0 nitrogen and oxygen atoms in total. The molecule has 0 radical (unpaired) electrons. The van der Waals surface area contributed by atoms with Gasteiger partial charge in [0.05, 0.1) is 0 Å². The molecule has 0 fully saturated rings. The van der Waals surface area contributed by atoms with Crippen LogP contribution < -0.4 is 0 Å². The predicted molar refractivity (Wildman–Crippen MR) is 71.3 cm³/mol. The van der Waals surface area contributed by atoms with Crippen molar-refractivity contribution in [2.45, 2.75) is 13.8 Å². The van der Waals surface area contributed by atoms with Crippen LogP contribution in [0.3, 0.4) is 0 Å². The second-order valence-corrected chi connectivity index (χ2v) is 3.90. The summed E-state index contributed by atoms with van der Waals surface area (Å²) in [6.45, 7) is 4.20. The van der Waals surface area contributed by atoms with E-state index < -0.39 is 0 Å². The van der Waals surface area contributed by atoms with Crippen LogP contribution in [0.15, 0.2) is 54.6 Å². The van der Waals surface area contributed by atoms with Crippen molar-refractivity contribution in [3.63, 3.8) is 0 Å². The normalized spacial score (nSPS) is 10.9. The van der Waals surface area contributed by atoms with Gasteiger partial charge in [0.1, 0.15) is 0 Å². The van der Waals surface area contributed by atoms with Gasteiger partial charge >= 0.3 is 0 Å². The fourth-order valence-corrected chi connectivity index (χ4v) is 1.94. The Morgan fingerprint density at radius 3 is 2.12 bits per heavy atom. The second kappa shape index (κ2) is 4.80. The molecule has 2 aromatic rings. The summed E-state index contributed by atoms with van der Waals surface area (Å²) in [5, 5.41) is 0. The minimum absolute atomic E-state index is 1.28. The van der Waals surface area contributed by atoms with Crippen LogP contribution in [0.4, 0.5) is 0 Å². The van der Waals surface area contributed by atoms with Crippen molar-refractivity contribution in [1.29, 1.82) is 0 Å². The smallest absolute Gasteiger partial charge is 0.0109 e. The lowest BCUT2D eigenvalue weighted by atomic mass is 9.96. The Hall–Kier alpha value is -1.82. The van der Waals surface area contributed by atoms with Crippen molar-refractivity contribution in [2.75, 3.05) is 0 Å². The summed E-state index contributed by atoms with van der Waals surface area (Å²) in [4.78, 5) is 0. The van der Waals surface area contributed by atoms with Gasteiger partial charge in [-0.05, 0) is 36.1 Å². The number of allylic oxidation sites excluding steroid dienone is 1. The molecule has 0 heterocycles. The lowest BCUT2D eigenvalue weighted by molar-refractivity contribution is 1.45. The zero-order chi connectivity index (χ0) is 11.4. The lowest BCUT2D eigenvalue weighted by Crippen LogP contribution is -1.85. The molecule has 0 unspecified atom stereocenters. The van der Waals surface area contributed by atoms with Crippen molar-refractivity contribution in [3.8, 4) is 11.1 Å². The number of hydrogen-bond donors (Lipinski definition) is 0. The van der Waals surface area contributed by atoms with Gasteiger partial charge in [-0.1, -0.05) is 60.7 Å². The van der Waals surface area contributed by atoms with E-state index in [-0.39, 0.29) is 0 Å². The highest BCUT2D eigenvalue weighted by Crippen LogP contribution is 2.27. The average molecular weight is 208 g/mol. The molecule has 0 saturated heterocycles. The monoisotopic (exact) mass is 208 g/mol. The number of hydrogen-bond acceptors (Lipinski definition) is 0. The first-order valence-corrected chi connectivity index (χ1v) is 5.60. The zero-order valence-corrected chi connectivity index (χ0v) is 9.77. The summed E-state index contributed by atoms with van der Waals surface area (Å²) in [7, 11) is 0. The molecule has 0 aliphatic rings. The van der Waals surface area contributed by atoms with Crippen molar-refractivity contribution in [1.82, 2.24) is 0 Å². The van der Waals surface area contributed by atoms with E-state index >= 15 is 0 Å². The maximum absolute atomic E-state index is 2.18. The topological polar surface area (TPSA) is 0 Å². The van der Waals surface area contributed by atoms with E-state index in [9.17, 15) is 0 Å². The third-order valence-corrected chi connectivity index (χ3v) is 2.74.